The van der Waals surface area contributed by atoms with Gasteiger partial charge in [0.25, 0.3) is 0 Å². The highest BCUT2D eigenvalue weighted by molar-refractivity contribution is 5.90. The minimum atomic E-state index is -0.434. The van der Waals surface area contributed by atoms with E-state index in [1.54, 1.807) is 18.4 Å². The molecule has 2 aromatic heterocycles. The van der Waals surface area contributed by atoms with Gasteiger partial charge in [-0.25, -0.2) is 4.79 Å². The van der Waals surface area contributed by atoms with E-state index in [0.717, 1.165) is 19.4 Å². The molecule has 0 aliphatic carbocycles. The topological polar surface area (TPSA) is 84.9 Å². The number of ether oxygens (including phenoxy) is 1. The molecule has 0 unspecified atom stereocenters. The molecule has 1 aliphatic rings. The van der Waals surface area contributed by atoms with Crippen molar-refractivity contribution in [2.45, 2.75) is 32.0 Å². The average molecular weight is 332 g/mol. The lowest BCUT2D eigenvalue weighted by Crippen LogP contribution is -2.42. The third kappa shape index (κ3) is 3.51. The minimum absolute atomic E-state index is 0.0462. The number of likely N-dealkylation sites (tertiary alicyclic amines) is 1. The summed E-state index contributed by atoms with van der Waals surface area (Å²) in [5.74, 6) is 0.756. The van der Waals surface area contributed by atoms with Gasteiger partial charge in [-0.1, -0.05) is 0 Å². The van der Waals surface area contributed by atoms with Crippen LogP contribution in [0.5, 0.6) is 0 Å². The van der Waals surface area contributed by atoms with E-state index in [1.807, 2.05) is 11.0 Å². The van der Waals surface area contributed by atoms with Crippen LogP contribution in [0.2, 0.25) is 0 Å². The number of esters is 1. The Morgan fingerprint density at radius 2 is 2.21 bits per heavy atom. The first-order valence-corrected chi connectivity index (χ1v) is 7.88. The van der Waals surface area contributed by atoms with Crippen molar-refractivity contribution in [1.82, 2.24) is 10.2 Å². The average Bonchev–Trinajstić information content (AvgIpc) is 3.34. The van der Waals surface area contributed by atoms with Crippen LogP contribution in [0.1, 0.15) is 34.7 Å². The zero-order chi connectivity index (χ0) is 16.9. The summed E-state index contributed by atoms with van der Waals surface area (Å²) >= 11 is 0. The normalized spacial score (nSPS) is 17.8. The number of hydrogen-bond acceptors (Lipinski definition) is 6. The third-order valence-electron chi connectivity index (χ3n) is 4.18. The van der Waals surface area contributed by atoms with E-state index >= 15 is 0 Å². The van der Waals surface area contributed by atoms with Crippen LogP contribution >= 0.6 is 0 Å². The molecule has 3 heterocycles. The lowest BCUT2D eigenvalue weighted by molar-refractivity contribution is -0.125. The highest BCUT2D eigenvalue weighted by atomic mass is 16.5. The van der Waals surface area contributed by atoms with Crippen molar-refractivity contribution in [1.29, 1.82) is 0 Å². The predicted molar refractivity (Wildman–Crippen MR) is 84.0 cm³/mol. The molecule has 7 heteroatoms. The second kappa shape index (κ2) is 7.35. The first kappa shape index (κ1) is 16.3. The van der Waals surface area contributed by atoms with Crippen LogP contribution in [0, 0.1) is 0 Å². The molecule has 1 amide bonds. The molecule has 0 bridgehead atoms. The molecule has 1 aliphatic heterocycles. The van der Waals surface area contributed by atoms with Crippen molar-refractivity contribution >= 4 is 11.9 Å². The van der Waals surface area contributed by atoms with Crippen molar-refractivity contribution in [2.75, 3.05) is 13.7 Å². The van der Waals surface area contributed by atoms with Gasteiger partial charge in [-0.05, 0) is 37.6 Å². The molecular weight excluding hydrogens is 312 g/mol. The summed E-state index contributed by atoms with van der Waals surface area (Å²) < 4.78 is 15.4. The molecule has 0 aromatic carbocycles. The lowest BCUT2D eigenvalue weighted by Gasteiger charge is -2.22. The number of carbonyl (C=O) groups excluding carboxylic acids is 2. The molecule has 0 radical (unpaired) electrons. The first-order valence-electron chi connectivity index (χ1n) is 7.88. The lowest BCUT2D eigenvalue weighted by atomic mass is 10.2. The standard InChI is InChI=1S/C17H20N2O5/c1-22-17(21)13-6-9-24-15(13)11-19-7-2-5-14(19)16(20)18-10-12-4-3-8-23-12/h3-4,6,8-9,14H,2,5,7,10-11H2,1H3,(H,18,20)/t14-/m1/s1. The second-order valence-corrected chi connectivity index (χ2v) is 5.67. The summed E-state index contributed by atoms with van der Waals surface area (Å²) in [5.41, 5.74) is 0.402. The van der Waals surface area contributed by atoms with Gasteiger partial charge in [-0.2, -0.15) is 0 Å². The van der Waals surface area contributed by atoms with Crippen LogP contribution in [0.25, 0.3) is 0 Å². The highest BCUT2D eigenvalue weighted by Crippen LogP contribution is 2.23. The number of rotatable bonds is 6. The number of furan rings is 2. The number of methoxy groups -OCH3 is 1. The maximum atomic E-state index is 12.4. The number of hydrogen-bond donors (Lipinski definition) is 1. The molecule has 1 atom stereocenters. The Balaban J connectivity index is 1.62. The molecule has 2 aromatic rings. The van der Waals surface area contributed by atoms with Gasteiger partial charge < -0.3 is 18.9 Å². The van der Waals surface area contributed by atoms with Gasteiger partial charge in [0.1, 0.15) is 17.1 Å². The van der Waals surface area contributed by atoms with Crippen LogP contribution in [0.4, 0.5) is 0 Å². The van der Waals surface area contributed by atoms with Crippen LogP contribution in [0.15, 0.2) is 39.6 Å². The van der Waals surface area contributed by atoms with Crippen LogP contribution < -0.4 is 5.32 Å². The van der Waals surface area contributed by atoms with Crippen molar-refractivity contribution in [3.63, 3.8) is 0 Å². The quantitative estimate of drug-likeness (QED) is 0.814. The maximum Gasteiger partial charge on any atom is 0.341 e. The zero-order valence-electron chi connectivity index (χ0n) is 13.5. The predicted octanol–water partition coefficient (Wildman–Crippen LogP) is 1.94. The molecule has 1 fully saturated rings. The summed E-state index contributed by atoms with van der Waals surface area (Å²) in [6, 6.07) is 4.95. The van der Waals surface area contributed by atoms with Crippen molar-refractivity contribution in [2.24, 2.45) is 0 Å². The van der Waals surface area contributed by atoms with Gasteiger partial charge in [0.05, 0.1) is 38.8 Å². The Kier molecular flexibility index (Phi) is 5.00. The van der Waals surface area contributed by atoms with Gasteiger partial charge in [0.15, 0.2) is 0 Å². The van der Waals surface area contributed by atoms with Crippen molar-refractivity contribution in [3.8, 4) is 0 Å². The maximum absolute atomic E-state index is 12.4. The van der Waals surface area contributed by atoms with Crippen molar-refractivity contribution in [3.05, 3.63) is 47.8 Å². The van der Waals surface area contributed by atoms with Gasteiger partial charge in [-0.3, -0.25) is 9.69 Å². The monoisotopic (exact) mass is 332 g/mol. The van der Waals surface area contributed by atoms with Crippen LogP contribution in [-0.4, -0.2) is 36.5 Å². The Bertz CT molecular complexity index is 692. The van der Waals surface area contributed by atoms with Gasteiger partial charge in [0, 0.05) is 0 Å². The number of carbonyl (C=O) groups is 2. The number of nitrogens with zero attached hydrogens (tertiary/aromatic N) is 1. The van der Waals surface area contributed by atoms with Gasteiger partial charge >= 0.3 is 5.97 Å². The largest absolute Gasteiger partial charge is 0.467 e. The molecule has 3 rings (SSSR count). The molecule has 1 saturated heterocycles. The highest BCUT2D eigenvalue weighted by Gasteiger charge is 2.32. The van der Waals surface area contributed by atoms with Gasteiger partial charge in [-0.15, -0.1) is 0 Å². The number of nitrogens with one attached hydrogen (secondary N) is 1. The minimum Gasteiger partial charge on any atom is -0.467 e. The third-order valence-corrected chi connectivity index (χ3v) is 4.18. The SMILES string of the molecule is COC(=O)c1ccoc1CN1CCC[C@@H]1C(=O)NCc1ccco1. The molecule has 7 nitrogen and oxygen atoms in total. The van der Waals surface area contributed by atoms with E-state index in [4.69, 9.17) is 13.6 Å². The fourth-order valence-electron chi connectivity index (χ4n) is 2.96. The Hall–Kier alpha value is -2.54. The first-order chi connectivity index (χ1) is 11.7. The Morgan fingerprint density at radius 3 is 2.96 bits per heavy atom. The zero-order valence-corrected chi connectivity index (χ0v) is 13.5. The molecular formula is C17H20N2O5. The van der Waals surface area contributed by atoms with E-state index in [9.17, 15) is 9.59 Å². The molecule has 0 spiro atoms. The van der Waals surface area contributed by atoms with E-state index in [1.165, 1.54) is 13.4 Å². The Labute approximate surface area is 139 Å². The Morgan fingerprint density at radius 1 is 1.33 bits per heavy atom. The summed E-state index contributed by atoms with van der Waals surface area (Å²) in [7, 11) is 1.33. The molecule has 128 valence electrons. The van der Waals surface area contributed by atoms with E-state index in [2.05, 4.69) is 5.32 Å². The van der Waals surface area contributed by atoms with E-state index < -0.39 is 5.97 Å². The fourth-order valence-corrected chi connectivity index (χ4v) is 2.96. The second-order valence-electron chi connectivity index (χ2n) is 5.67. The van der Waals surface area contributed by atoms with E-state index in [0.29, 0.717) is 30.2 Å². The summed E-state index contributed by atoms with van der Waals surface area (Å²) in [5, 5.41) is 2.89. The summed E-state index contributed by atoms with van der Waals surface area (Å²) in [6.07, 6.45) is 4.74. The van der Waals surface area contributed by atoms with Gasteiger partial charge in [0.2, 0.25) is 5.91 Å². The van der Waals surface area contributed by atoms with Crippen LogP contribution in [0.3, 0.4) is 0 Å². The van der Waals surface area contributed by atoms with E-state index in [-0.39, 0.29) is 11.9 Å². The molecule has 1 N–H and O–H groups in total. The smallest absolute Gasteiger partial charge is 0.341 e. The van der Waals surface area contributed by atoms with Crippen molar-refractivity contribution < 1.29 is 23.2 Å². The molecule has 24 heavy (non-hydrogen) atoms. The molecule has 0 saturated carbocycles. The number of amides is 1. The summed E-state index contributed by atoms with van der Waals surface area (Å²) in [4.78, 5) is 26.2. The fraction of sp³-hybridized carbons (Fsp3) is 0.412. The van der Waals surface area contributed by atoms with Crippen LogP contribution in [-0.2, 0) is 22.6 Å². The summed E-state index contributed by atoms with van der Waals surface area (Å²) in [6.45, 7) is 1.54.